The molecule has 2 N–H and O–H groups in total. The average molecular weight is 398 g/mol. The van der Waals surface area contributed by atoms with E-state index in [2.05, 4.69) is 15.5 Å². The van der Waals surface area contributed by atoms with Crippen LogP contribution < -0.4 is 14.8 Å². The van der Waals surface area contributed by atoms with Crippen molar-refractivity contribution >= 4 is 23.3 Å². The fourth-order valence-electron chi connectivity index (χ4n) is 3.58. The van der Waals surface area contributed by atoms with Crippen LogP contribution in [0.2, 0.25) is 5.02 Å². The Labute approximate surface area is 167 Å². The van der Waals surface area contributed by atoms with Gasteiger partial charge in [0.1, 0.15) is 6.61 Å². The highest BCUT2D eigenvalue weighted by Crippen LogP contribution is 2.44. The van der Waals surface area contributed by atoms with Crippen LogP contribution in [0.4, 0.5) is 5.82 Å². The number of hydrogen-bond acceptors (Lipinski definition) is 4. The fourth-order valence-corrected chi connectivity index (χ4v) is 3.77. The number of methoxy groups -OCH3 is 1. The summed E-state index contributed by atoms with van der Waals surface area (Å²) in [6.45, 7) is 2.24. The highest BCUT2D eigenvalue weighted by molar-refractivity contribution is 6.31. The summed E-state index contributed by atoms with van der Waals surface area (Å²) in [5.41, 5.74) is 3.64. The van der Waals surface area contributed by atoms with Crippen LogP contribution in [0.3, 0.4) is 0 Å². The summed E-state index contributed by atoms with van der Waals surface area (Å²) in [7, 11) is 1.60. The minimum Gasteiger partial charge on any atom is -0.493 e. The van der Waals surface area contributed by atoms with Crippen LogP contribution in [0.25, 0.3) is 0 Å². The number of aromatic nitrogens is 2. The third-order valence-corrected chi connectivity index (χ3v) is 5.29. The van der Waals surface area contributed by atoms with Crippen molar-refractivity contribution in [2.24, 2.45) is 0 Å². The first-order valence-electron chi connectivity index (χ1n) is 8.96. The molecule has 3 aromatic rings. The zero-order chi connectivity index (χ0) is 19.7. The van der Waals surface area contributed by atoms with Gasteiger partial charge in [-0.1, -0.05) is 41.9 Å². The molecule has 0 saturated carbocycles. The minimum atomic E-state index is -0.182. The van der Waals surface area contributed by atoms with Crippen molar-refractivity contribution in [3.05, 3.63) is 69.9 Å². The van der Waals surface area contributed by atoms with E-state index >= 15 is 0 Å². The Hall–Kier alpha value is -2.99. The number of hydrogen-bond donors (Lipinski definition) is 2. The Bertz CT molecular complexity index is 1030. The fraction of sp³-hybridized carbons (Fsp3) is 0.238. The van der Waals surface area contributed by atoms with Crippen LogP contribution in [0.1, 0.15) is 34.7 Å². The molecule has 0 aliphatic carbocycles. The Morgan fingerprint density at radius 1 is 1.21 bits per heavy atom. The van der Waals surface area contributed by atoms with Gasteiger partial charge >= 0.3 is 0 Å². The van der Waals surface area contributed by atoms with Gasteiger partial charge in [-0.25, -0.2) is 0 Å². The van der Waals surface area contributed by atoms with Gasteiger partial charge in [0.05, 0.1) is 7.11 Å². The van der Waals surface area contributed by atoms with Crippen LogP contribution >= 0.6 is 11.6 Å². The van der Waals surface area contributed by atoms with Crippen molar-refractivity contribution in [1.29, 1.82) is 0 Å². The summed E-state index contributed by atoms with van der Waals surface area (Å²) < 4.78 is 11.7. The number of H-pyrrole nitrogens is 1. The maximum absolute atomic E-state index is 12.3. The lowest BCUT2D eigenvalue weighted by atomic mass is 9.85. The van der Waals surface area contributed by atoms with E-state index in [1.807, 2.05) is 49.4 Å². The van der Waals surface area contributed by atoms with Crippen LogP contribution in [0.15, 0.2) is 42.5 Å². The normalized spacial score (nSPS) is 15.7. The van der Waals surface area contributed by atoms with E-state index in [1.165, 1.54) is 0 Å². The molecule has 7 heteroatoms. The number of ether oxygens (including phenoxy) is 2. The lowest BCUT2D eigenvalue weighted by Gasteiger charge is -2.25. The Kier molecular flexibility index (Phi) is 4.96. The smallest absolute Gasteiger partial charge is 0.226 e. The van der Waals surface area contributed by atoms with Gasteiger partial charge in [-0.3, -0.25) is 9.89 Å². The highest BCUT2D eigenvalue weighted by Gasteiger charge is 2.33. The molecule has 0 bridgehead atoms. The van der Waals surface area contributed by atoms with Gasteiger partial charge in [0.15, 0.2) is 17.3 Å². The van der Waals surface area contributed by atoms with E-state index in [0.29, 0.717) is 35.4 Å². The monoisotopic (exact) mass is 397 g/mol. The van der Waals surface area contributed by atoms with Crippen molar-refractivity contribution in [2.75, 3.05) is 12.4 Å². The number of carbonyl (C=O) groups excluding carboxylic acids is 1. The summed E-state index contributed by atoms with van der Waals surface area (Å²) in [5.74, 6) is 1.52. The molecular weight excluding hydrogens is 378 g/mol. The quantitative estimate of drug-likeness (QED) is 0.667. The number of aromatic amines is 1. The largest absolute Gasteiger partial charge is 0.493 e. The summed E-state index contributed by atoms with van der Waals surface area (Å²) >= 11 is 6.27. The third-order valence-electron chi connectivity index (χ3n) is 4.92. The first kappa shape index (κ1) is 18.4. The van der Waals surface area contributed by atoms with Crippen molar-refractivity contribution in [3.8, 4) is 11.5 Å². The molecule has 6 nitrogen and oxygen atoms in total. The van der Waals surface area contributed by atoms with Gasteiger partial charge in [-0.05, 0) is 19.1 Å². The van der Waals surface area contributed by atoms with E-state index in [1.54, 1.807) is 7.11 Å². The Morgan fingerprint density at radius 2 is 2.04 bits per heavy atom. The van der Waals surface area contributed by atoms with E-state index in [-0.39, 0.29) is 11.8 Å². The van der Waals surface area contributed by atoms with Gasteiger partial charge < -0.3 is 14.8 Å². The molecule has 1 aliphatic rings. The molecule has 0 fully saturated rings. The average Bonchev–Trinajstić information content (AvgIpc) is 3.07. The summed E-state index contributed by atoms with van der Waals surface area (Å²) in [4.78, 5) is 12.3. The summed E-state index contributed by atoms with van der Waals surface area (Å²) in [6.07, 6.45) is 0.309. The third kappa shape index (κ3) is 3.31. The number of benzene rings is 2. The van der Waals surface area contributed by atoms with Gasteiger partial charge in [0.25, 0.3) is 0 Å². The molecule has 1 aliphatic heterocycles. The second-order valence-electron chi connectivity index (χ2n) is 6.67. The first-order chi connectivity index (χ1) is 13.6. The van der Waals surface area contributed by atoms with Crippen molar-refractivity contribution in [2.45, 2.75) is 25.9 Å². The van der Waals surface area contributed by atoms with Crippen LogP contribution in [-0.4, -0.2) is 23.2 Å². The molecule has 1 amide bonds. The molecule has 0 unspecified atom stereocenters. The van der Waals surface area contributed by atoms with Gasteiger partial charge in [0.2, 0.25) is 5.91 Å². The number of rotatable bonds is 5. The maximum Gasteiger partial charge on any atom is 0.226 e. The first-order valence-corrected chi connectivity index (χ1v) is 9.34. The van der Waals surface area contributed by atoms with Crippen molar-refractivity contribution < 1.29 is 14.3 Å². The second kappa shape index (κ2) is 7.56. The minimum absolute atomic E-state index is 0.0797. The molecule has 28 heavy (non-hydrogen) atoms. The predicted molar refractivity (Wildman–Crippen MR) is 107 cm³/mol. The Morgan fingerprint density at radius 3 is 2.82 bits per heavy atom. The topological polar surface area (TPSA) is 76.2 Å². The number of amides is 1. The highest BCUT2D eigenvalue weighted by atomic mass is 35.5. The number of nitrogens with one attached hydrogen (secondary N) is 2. The maximum atomic E-state index is 12.3. The zero-order valence-corrected chi connectivity index (χ0v) is 16.3. The second-order valence-corrected chi connectivity index (χ2v) is 7.08. The predicted octanol–water partition coefficient (Wildman–Crippen LogP) is 4.43. The molecular formula is C21H20ClN3O3. The van der Waals surface area contributed by atoms with Crippen LogP contribution in [0, 0.1) is 6.92 Å². The van der Waals surface area contributed by atoms with E-state index in [4.69, 9.17) is 21.1 Å². The number of halogens is 1. The molecule has 2 heterocycles. The van der Waals surface area contributed by atoms with Crippen molar-refractivity contribution in [1.82, 2.24) is 10.2 Å². The number of anilines is 1. The lowest BCUT2D eigenvalue weighted by Crippen LogP contribution is -2.24. The van der Waals surface area contributed by atoms with Gasteiger partial charge in [-0.2, -0.15) is 5.10 Å². The summed E-state index contributed by atoms with van der Waals surface area (Å²) in [5, 5.41) is 10.6. The standard InChI is InChI=1S/C21H20ClN3O3/c1-12-19-15(10-18(26)23-21(19)25-24-12)14-7-5-9-17(27-2)20(14)28-11-13-6-3-4-8-16(13)22/h3-9,15H,10-11H2,1-2H3,(H2,23,24,25,26)/t15-/m1/s1. The molecule has 4 rings (SSSR count). The summed E-state index contributed by atoms with van der Waals surface area (Å²) in [6, 6.07) is 13.3. The molecule has 0 saturated heterocycles. The van der Waals surface area contributed by atoms with E-state index in [0.717, 1.165) is 22.4 Å². The van der Waals surface area contributed by atoms with E-state index in [9.17, 15) is 4.79 Å². The number of para-hydroxylation sites is 1. The Balaban J connectivity index is 1.75. The van der Waals surface area contributed by atoms with E-state index < -0.39 is 0 Å². The molecule has 1 aromatic heterocycles. The van der Waals surface area contributed by atoms with Gasteiger partial charge in [0, 0.05) is 39.7 Å². The number of nitrogens with zero attached hydrogens (tertiary/aromatic N) is 1. The molecule has 0 spiro atoms. The molecule has 1 atom stereocenters. The van der Waals surface area contributed by atoms with Gasteiger partial charge in [-0.15, -0.1) is 0 Å². The van der Waals surface area contributed by atoms with Crippen LogP contribution in [0.5, 0.6) is 11.5 Å². The molecule has 2 aromatic carbocycles. The van der Waals surface area contributed by atoms with Crippen molar-refractivity contribution in [3.63, 3.8) is 0 Å². The SMILES string of the molecule is COc1cccc([C@H]2CC(=O)Nc3n[nH]c(C)c32)c1OCc1ccccc1Cl. The van der Waals surface area contributed by atoms with Crippen LogP contribution in [-0.2, 0) is 11.4 Å². The number of fused-ring (bicyclic) bond motifs is 1. The molecule has 0 radical (unpaired) electrons. The zero-order valence-electron chi connectivity index (χ0n) is 15.6. The molecule has 144 valence electrons. The lowest BCUT2D eigenvalue weighted by molar-refractivity contribution is -0.116. The number of carbonyl (C=O) groups is 1. The number of aryl methyl sites for hydroxylation is 1.